The summed E-state index contributed by atoms with van der Waals surface area (Å²) in [6.07, 6.45) is 4.12. The van der Waals surface area contributed by atoms with E-state index in [1.54, 1.807) is 12.1 Å². The fraction of sp³-hybridized carbons (Fsp3) is 0.462. The van der Waals surface area contributed by atoms with E-state index >= 15 is 0 Å². The van der Waals surface area contributed by atoms with Crippen LogP contribution in [0.4, 0.5) is 11.4 Å². The van der Waals surface area contributed by atoms with Gasteiger partial charge in [-0.05, 0) is 25.0 Å². The van der Waals surface area contributed by atoms with Gasteiger partial charge in [0.2, 0.25) is 0 Å². The van der Waals surface area contributed by atoms with Gasteiger partial charge in [-0.1, -0.05) is 18.9 Å². The Labute approximate surface area is 101 Å². The summed E-state index contributed by atoms with van der Waals surface area (Å²) in [6, 6.07) is 7.41. The van der Waals surface area contributed by atoms with Gasteiger partial charge in [0.05, 0.1) is 29.1 Å². The summed E-state index contributed by atoms with van der Waals surface area (Å²) >= 11 is 0. The van der Waals surface area contributed by atoms with Crippen LogP contribution in [0.1, 0.15) is 31.2 Å². The Kier molecular flexibility index (Phi) is 3.21. The van der Waals surface area contributed by atoms with Crippen molar-refractivity contribution in [2.75, 3.05) is 17.7 Å². The van der Waals surface area contributed by atoms with Gasteiger partial charge in [-0.3, -0.25) is 0 Å². The lowest BCUT2D eigenvalue weighted by Gasteiger charge is -2.30. The number of nitrogens with one attached hydrogen (secondary N) is 1. The monoisotopic (exact) mass is 231 g/mol. The Bertz CT molecular complexity index is 444. The van der Waals surface area contributed by atoms with Crippen LogP contribution in [0.25, 0.3) is 0 Å². The third-order valence-electron chi connectivity index (χ3n) is 3.49. The highest BCUT2D eigenvalue weighted by Crippen LogP contribution is 2.35. The molecular formula is C13H17N3O. The van der Waals surface area contributed by atoms with Gasteiger partial charge in [0.1, 0.15) is 6.07 Å². The molecule has 1 fully saturated rings. The Morgan fingerprint density at radius 2 is 2.12 bits per heavy atom. The van der Waals surface area contributed by atoms with Crippen LogP contribution < -0.4 is 11.1 Å². The molecule has 4 heteroatoms. The molecule has 4 N–H and O–H groups in total. The molecule has 0 unspecified atom stereocenters. The molecular weight excluding hydrogens is 214 g/mol. The van der Waals surface area contributed by atoms with E-state index in [0.717, 1.165) is 31.4 Å². The topological polar surface area (TPSA) is 82.1 Å². The van der Waals surface area contributed by atoms with Gasteiger partial charge in [-0.25, -0.2) is 0 Å². The summed E-state index contributed by atoms with van der Waals surface area (Å²) in [5.74, 6) is 0. The summed E-state index contributed by atoms with van der Waals surface area (Å²) in [7, 11) is 0. The predicted octanol–water partition coefficient (Wildman–Crippen LogP) is 1.86. The molecule has 1 aromatic rings. The SMILES string of the molecule is N#Cc1cccc(NC2(CO)CCCC2)c1N. The predicted molar refractivity (Wildman–Crippen MR) is 67.5 cm³/mol. The van der Waals surface area contributed by atoms with Crippen molar-refractivity contribution < 1.29 is 5.11 Å². The minimum atomic E-state index is -0.262. The molecule has 1 saturated carbocycles. The van der Waals surface area contributed by atoms with Crippen LogP contribution in [0, 0.1) is 11.3 Å². The largest absolute Gasteiger partial charge is 0.396 e. The normalized spacial score (nSPS) is 17.6. The van der Waals surface area contributed by atoms with Gasteiger partial charge in [0.15, 0.2) is 0 Å². The van der Waals surface area contributed by atoms with E-state index in [0.29, 0.717) is 11.3 Å². The molecule has 0 aromatic heterocycles. The lowest BCUT2D eigenvalue weighted by Crippen LogP contribution is -2.39. The van der Waals surface area contributed by atoms with Crippen molar-refractivity contribution in [2.24, 2.45) is 0 Å². The molecule has 0 atom stereocenters. The average Bonchev–Trinajstić information content (AvgIpc) is 2.81. The maximum Gasteiger partial charge on any atom is 0.101 e. The summed E-state index contributed by atoms with van der Waals surface area (Å²) in [4.78, 5) is 0. The molecule has 4 nitrogen and oxygen atoms in total. The number of aliphatic hydroxyl groups excluding tert-OH is 1. The highest BCUT2D eigenvalue weighted by molar-refractivity contribution is 5.73. The van der Waals surface area contributed by atoms with Crippen LogP contribution in [0.2, 0.25) is 0 Å². The van der Waals surface area contributed by atoms with Crippen molar-refractivity contribution in [3.8, 4) is 6.07 Å². The zero-order valence-corrected chi connectivity index (χ0v) is 9.74. The first-order valence-electron chi connectivity index (χ1n) is 5.88. The first-order chi connectivity index (χ1) is 8.21. The molecule has 0 heterocycles. The van der Waals surface area contributed by atoms with E-state index in [1.807, 2.05) is 6.07 Å². The maximum absolute atomic E-state index is 9.53. The van der Waals surface area contributed by atoms with Crippen LogP contribution in [0.5, 0.6) is 0 Å². The van der Waals surface area contributed by atoms with Gasteiger partial charge in [-0.15, -0.1) is 0 Å². The number of aliphatic hydroxyl groups is 1. The number of nitrogens with two attached hydrogens (primary N) is 1. The van der Waals surface area contributed by atoms with Gasteiger partial charge in [0, 0.05) is 0 Å². The van der Waals surface area contributed by atoms with Crippen molar-refractivity contribution in [1.29, 1.82) is 5.26 Å². The van der Waals surface area contributed by atoms with Gasteiger partial charge in [0.25, 0.3) is 0 Å². The fourth-order valence-electron chi connectivity index (χ4n) is 2.43. The second-order valence-corrected chi connectivity index (χ2v) is 4.65. The zero-order valence-electron chi connectivity index (χ0n) is 9.74. The van der Waals surface area contributed by atoms with Crippen molar-refractivity contribution in [1.82, 2.24) is 0 Å². The van der Waals surface area contributed by atoms with E-state index in [-0.39, 0.29) is 12.1 Å². The van der Waals surface area contributed by atoms with E-state index in [1.165, 1.54) is 0 Å². The van der Waals surface area contributed by atoms with E-state index in [4.69, 9.17) is 11.0 Å². The lowest BCUT2D eigenvalue weighted by molar-refractivity contribution is 0.214. The smallest absolute Gasteiger partial charge is 0.101 e. The average molecular weight is 231 g/mol. The zero-order chi connectivity index (χ0) is 12.3. The fourth-order valence-corrected chi connectivity index (χ4v) is 2.43. The molecule has 0 amide bonds. The molecule has 1 aromatic carbocycles. The lowest BCUT2D eigenvalue weighted by atomic mass is 9.98. The standard InChI is InChI=1S/C13H17N3O/c14-8-10-4-3-5-11(12(10)15)16-13(9-17)6-1-2-7-13/h3-5,16-17H,1-2,6-7,9,15H2. The van der Waals surface area contributed by atoms with Crippen molar-refractivity contribution in [3.05, 3.63) is 23.8 Å². The molecule has 1 aliphatic rings. The quantitative estimate of drug-likeness (QED) is 0.693. The molecule has 17 heavy (non-hydrogen) atoms. The molecule has 0 spiro atoms. The maximum atomic E-state index is 9.53. The number of anilines is 2. The Balaban J connectivity index is 2.27. The molecule has 0 saturated heterocycles. The summed E-state index contributed by atoms with van der Waals surface area (Å²) in [6.45, 7) is 0.100. The van der Waals surface area contributed by atoms with Crippen molar-refractivity contribution in [2.45, 2.75) is 31.2 Å². The molecule has 0 aliphatic heterocycles. The summed E-state index contributed by atoms with van der Waals surface area (Å²) in [5, 5.41) is 21.8. The van der Waals surface area contributed by atoms with E-state index in [9.17, 15) is 5.11 Å². The van der Waals surface area contributed by atoms with E-state index < -0.39 is 0 Å². The third-order valence-corrected chi connectivity index (χ3v) is 3.49. The molecule has 0 radical (unpaired) electrons. The van der Waals surface area contributed by atoms with Crippen molar-refractivity contribution in [3.63, 3.8) is 0 Å². The Morgan fingerprint density at radius 1 is 1.41 bits per heavy atom. The number of para-hydroxylation sites is 1. The molecule has 0 bridgehead atoms. The first-order valence-corrected chi connectivity index (χ1v) is 5.88. The Morgan fingerprint density at radius 3 is 2.71 bits per heavy atom. The molecule has 1 aliphatic carbocycles. The van der Waals surface area contributed by atoms with Gasteiger partial charge < -0.3 is 16.2 Å². The number of hydrogen-bond acceptors (Lipinski definition) is 4. The minimum Gasteiger partial charge on any atom is -0.396 e. The first kappa shape index (κ1) is 11.7. The minimum absolute atomic E-state index is 0.100. The second-order valence-electron chi connectivity index (χ2n) is 4.65. The number of rotatable bonds is 3. The summed E-state index contributed by atoms with van der Waals surface area (Å²) in [5.41, 5.74) is 7.35. The highest BCUT2D eigenvalue weighted by atomic mass is 16.3. The van der Waals surface area contributed by atoms with Crippen LogP contribution in [0.15, 0.2) is 18.2 Å². The van der Waals surface area contributed by atoms with Crippen LogP contribution in [0.3, 0.4) is 0 Å². The second kappa shape index (κ2) is 4.64. The number of hydrogen-bond donors (Lipinski definition) is 3. The molecule has 2 rings (SSSR count). The number of nitrogen functional groups attached to an aromatic ring is 1. The van der Waals surface area contributed by atoms with Crippen LogP contribution in [-0.4, -0.2) is 17.3 Å². The number of nitrogens with zero attached hydrogens (tertiary/aromatic N) is 1. The number of benzene rings is 1. The van der Waals surface area contributed by atoms with Gasteiger partial charge in [-0.2, -0.15) is 5.26 Å². The van der Waals surface area contributed by atoms with Crippen LogP contribution in [-0.2, 0) is 0 Å². The highest BCUT2D eigenvalue weighted by Gasteiger charge is 2.33. The van der Waals surface area contributed by atoms with Crippen LogP contribution >= 0.6 is 0 Å². The molecule has 90 valence electrons. The van der Waals surface area contributed by atoms with Crippen molar-refractivity contribution >= 4 is 11.4 Å². The van der Waals surface area contributed by atoms with E-state index in [2.05, 4.69) is 11.4 Å². The third kappa shape index (κ3) is 2.20. The van der Waals surface area contributed by atoms with Gasteiger partial charge >= 0.3 is 0 Å². The summed E-state index contributed by atoms with van der Waals surface area (Å²) < 4.78 is 0. The number of nitriles is 1. The Hall–Kier alpha value is -1.73.